The van der Waals surface area contributed by atoms with Crippen LogP contribution in [0.3, 0.4) is 0 Å². The molecule has 0 heterocycles. The fourth-order valence-electron chi connectivity index (χ4n) is 0.224. The van der Waals surface area contributed by atoms with Gasteiger partial charge in [-0.2, -0.15) is 0 Å². The summed E-state index contributed by atoms with van der Waals surface area (Å²) in [6, 6.07) is 0. The van der Waals surface area contributed by atoms with E-state index >= 15 is 0 Å². The molecule has 0 radical (unpaired) electrons. The van der Waals surface area contributed by atoms with Gasteiger partial charge in [0.2, 0.25) is 0 Å². The van der Waals surface area contributed by atoms with Crippen molar-refractivity contribution in [2.45, 2.75) is 9.61 Å². The second-order valence-corrected chi connectivity index (χ2v) is 5.24. The summed E-state index contributed by atoms with van der Waals surface area (Å²) in [5.41, 5.74) is 0. The van der Waals surface area contributed by atoms with Gasteiger partial charge in [-0.15, -0.1) is 0 Å². The fourth-order valence-corrected chi connectivity index (χ4v) is 0.958. The number of hydrogen-bond acceptors (Lipinski definition) is 1. The molecule has 0 atom stereocenters. The number of allylic oxidation sites excluding steroid dienone is 1. The van der Waals surface area contributed by atoms with Crippen molar-refractivity contribution in [3.63, 3.8) is 0 Å². The molecule has 0 aromatic carbocycles. The van der Waals surface area contributed by atoms with Crippen LogP contribution in [0.25, 0.3) is 0 Å². The third kappa shape index (κ3) is 4.59. The summed E-state index contributed by atoms with van der Waals surface area (Å²) in [6.07, 6.45) is 1.30. The molecule has 0 bridgehead atoms. The summed E-state index contributed by atoms with van der Waals surface area (Å²) < 4.78 is -1.79. The van der Waals surface area contributed by atoms with Gasteiger partial charge in [-0.25, -0.2) is 0 Å². The molecule has 0 saturated heterocycles. The molecule has 0 N–H and O–H groups in total. The minimum atomic E-state index is -1.79. The van der Waals surface area contributed by atoms with Gasteiger partial charge in [0.15, 0.2) is 0 Å². The first-order chi connectivity index (χ1) is 4.48. The molecule has 0 spiro atoms. The van der Waals surface area contributed by atoms with Crippen LogP contribution < -0.4 is 0 Å². The summed E-state index contributed by atoms with van der Waals surface area (Å²) in [4.78, 5) is 12.5. The van der Waals surface area contributed by atoms with Crippen LogP contribution in [0.1, 0.15) is 0 Å². The molecule has 10 heavy (non-hydrogen) atoms. The molecule has 5 heteroatoms. The molecule has 0 aromatic heterocycles. The SMILES string of the molecule is C[Se]/C=C/C(=O)C(Cl)(Cl)Cl. The number of alkyl halides is 3. The van der Waals surface area contributed by atoms with E-state index < -0.39 is 9.58 Å². The molecule has 58 valence electrons. The van der Waals surface area contributed by atoms with E-state index in [1.807, 2.05) is 5.82 Å². The van der Waals surface area contributed by atoms with Crippen molar-refractivity contribution in [1.82, 2.24) is 0 Å². The van der Waals surface area contributed by atoms with Crippen molar-refractivity contribution >= 4 is 55.5 Å². The van der Waals surface area contributed by atoms with Crippen LogP contribution in [0.2, 0.25) is 5.82 Å². The first-order valence-corrected chi connectivity index (χ1v) is 6.12. The first-order valence-electron chi connectivity index (χ1n) is 2.29. The summed E-state index contributed by atoms with van der Waals surface area (Å²) in [5, 5.41) is 0. The average Bonchev–Trinajstić information content (AvgIpc) is 1.80. The van der Waals surface area contributed by atoms with Gasteiger partial charge in [0.25, 0.3) is 0 Å². The predicted molar refractivity (Wildman–Crippen MR) is 46.1 cm³/mol. The van der Waals surface area contributed by atoms with E-state index in [-0.39, 0.29) is 0 Å². The van der Waals surface area contributed by atoms with E-state index in [9.17, 15) is 4.79 Å². The Morgan fingerprint density at radius 3 is 2.30 bits per heavy atom. The van der Waals surface area contributed by atoms with Crippen LogP contribution in [0, 0.1) is 0 Å². The maximum absolute atomic E-state index is 10.8. The fraction of sp³-hybridized carbons (Fsp3) is 0.400. The number of carbonyl (C=O) groups excluding carboxylic acids is 1. The van der Waals surface area contributed by atoms with Gasteiger partial charge in [-0.1, -0.05) is 0 Å². The van der Waals surface area contributed by atoms with Gasteiger partial charge in [-0.3, -0.25) is 0 Å². The molecule has 0 unspecified atom stereocenters. The van der Waals surface area contributed by atoms with Crippen molar-refractivity contribution in [3.8, 4) is 0 Å². The topological polar surface area (TPSA) is 17.1 Å². The second kappa shape index (κ2) is 4.63. The molecule has 0 aliphatic heterocycles. The molecule has 0 aliphatic rings. The Hall–Kier alpha value is 0.799. The number of halogens is 3. The molecule has 0 fully saturated rings. The maximum atomic E-state index is 10.8. The zero-order valence-electron chi connectivity index (χ0n) is 5.11. The molecule has 0 amide bonds. The van der Waals surface area contributed by atoms with E-state index in [1.165, 1.54) is 6.08 Å². The summed E-state index contributed by atoms with van der Waals surface area (Å²) in [7, 11) is 0. The quantitative estimate of drug-likeness (QED) is 0.425. The van der Waals surface area contributed by atoms with Crippen molar-refractivity contribution in [2.75, 3.05) is 0 Å². The van der Waals surface area contributed by atoms with Crippen LogP contribution >= 0.6 is 34.8 Å². The molecule has 0 aliphatic carbocycles. The van der Waals surface area contributed by atoms with Crippen LogP contribution in [0.5, 0.6) is 0 Å². The number of rotatable bonds is 2. The van der Waals surface area contributed by atoms with Crippen molar-refractivity contribution in [2.24, 2.45) is 0 Å². The van der Waals surface area contributed by atoms with E-state index in [4.69, 9.17) is 34.8 Å². The van der Waals surface area contributed by atoms with E-state index in [0.717, 1.165) is 0 Å². The van der Waals surface area contributed by atoms with Gasteiger partial charge in [0, 0.05) is 0 Å². The molecular weight excluding hydrogens is 261 g/mol. The molecule has 0 aromatic rings. The van der Waals surface area contributed by atoms with E-state index in [1.54, 1.807) is 4.97 Å². The van der Waals surface area contributed by atoms with E-state index in [2.05, 4.69) is 0 Å². The average molecular weight is 266 g/mol. The van der Waals surface area contributed by atoms with Crippen LogP contribution in [-0.4, -0.2) is 24.5 Å². The number of ketones is 1. The Balaban J connectivity index is 3.98. The Morgan fingerprint density at radius 1 is 1.50 bits per heavy atom. The second-order valence-electron chi connectivity index (χ2n) is 1.40. The zero-order valence-corrected chi connectivity index (χ0v) is 9.09. The molecule has 0 rings (SSSR count). The summed E-state index contributed by atoms with van der Waals surface area (Å²) in [6.45, 7) is 0. The predicted octanol–water partition coefficient (Wildman–Crippen LogP) is 2.19. The first kappa shape index (κ1) is 10.8. The zero-order chi connectivity index (χ0) is 8.20. The van der Waals surface area contributed by atoms with E-state index in [0.29, 0.717) is 15.0 Å². The third-order valence-electron chi connectivity index (χ3n) is 0.635. The minimum absolute atomic E-state index is 0.297. The Kier molecular flexibility index (Phi) is 5.00. The number of hydrogen-bond donors (Lipinski definition) is 0. The molecular formula is C5H5Cl3OSe. The van der Waals surface area contributed by atoms with Crippen molar-refractivity contribution in [3.05, 3.63) is 11.1 Å². The molecule has 1 nitrogen and oxygen atoms in total. The standard InChI is InChI=1S/C5H5Cl3OSe/c1-10-3-2-4(9)5(6,7)8/h2-3H,1H3/b3-2+. The van der Waals surface area contributed by atoms with Crippen LogP contribution in [0.15, 0.2) is 11.1 Å². The summed E-state index contributed by atoms with van der Waals surface area (Å²) in [5.74, 6) is 1.47. The van der Waals surface area contributed by atoms with Gasteiger partial charge in [0.1, 0.15) is 0 Å². The van der Waals surface area contributed by atoms with Gasteiger partial charge in [0.05, 0.1) is 0 Å². The van der Waals surface area contributed by atoms with Crippen molar-refractivity contribution in [1.29, 1.82) is 0 Å². The normalized spacial score (nSPS) is 12.4. The monoisotopic (exact) mass is 266 g/mol. The Morgan fingerprint density at radius 2 is 2.00 bits per heavy atom. The summed E-state index contributed by atoms with van der Waals surface area (Å²) >= 11 is 16.1. The van der Waals surface area contributed by atoms with Crippen LogP contribution in [0.4, 0.5) is 0 Å². The van der Waals surface area contributed by atoms with Gasteiger partial charge in [-0.05, 0) is 0 Å². The number of carbonyl (C=O) groups is 1. The molecule has 0 saturated carbocycles. The van der Waals surface area contributed by atoms with Gasteiger partial charge >= 0.3 is 81.0 Å². The van der Waals surface area contributed by atoms with Gasteiger partial charge < -0.3 is 0 Å². The Labute approximate surface area is 80.9 Å². The van der Waals surface area contributed by atoms with Crippen molar-refractivity contribution < 1.29 is 4.79 Å². The van der Waals surface area contributed by atoms with Crippen LogP contribution in [-0.2, 0) is 4.79 Å². The Bertz CT molecular complexity index is 149. The third-order valence-corrected chi connectivity index (χ3v) is 2.05.